The second-order valence-electron chi connectivity index (χ2n) is 5.18. The van der Waals surface area contributed by atoms with Crippen LogP contribution >= 0.6 is 0 Å². The molecule has 6 nitrogen and oxygen atoms in total. The summed E-state index contributed by atoms with van der Waals surface area (Å²) in [6, 6.07) is 6.33. The van der Waals surface area contributed by atoms with E-state index in [1.807, 2.05) is 0 Å². The first-order valence-corrected chi connectivity index (χ1v) is 6.80. The van der Waals surface area contributed by atoms with Gasteiger partial charge >= 0.3 is 5.97 Å². The van der Waals surface area contributed by atoms with Crippen LogP contribution < -0.4 is 0 Å². The van der Waals surface area contributed by atoms with Crippen LogP contribution in [0, 0.1) is 0 Å². The molecule has 6 heteroatoms. The van der Waals surface area contributed by atoms with Crippen LogP contribution in [0.4, 0.5) is 0 Å². The van der Waals surface area contributed by atoms with E-state index in [2.05, 4.69) is 0 Å². The van der Waals surface area contributed by atoms with Gasteiger partial charge in [-0.3, -0.25) is 19.3 Å². The third kappa shape index (κ3) is 2.42. The third-order valence-electron chi connectivity index (χ3n) is 3.67. The molecule has 2 heterocycles. The van der Waals surface area contributed by atoms with Gasteiger partial charge in [-0.1, -0.05) is 12.1 Å². The maximum Gasteiger partial charge on any atom is 0.302 e. The summed E-state index contributed by atoms with van der Waals surface area (Å²) in [5, 5.41) is 0. The number of rotatable bonds is 2. The quantitative estimate of drug-likeness (QED) is 0.600. The molecule has 110 valence electrons. The van der Waals surface area contributed by atoms with Crippen molar-refractivity contribution in [2.24, 2.45) is 0 Å². The van der Waals surface area contributed by atoms with E-state index < -0.39 is 18.1 Å². The molecule has 1 fully saturated rings. The van der Waals surface area contributed by atoms with Crippen molar-refractivity contribution < 1.29 is 23.9 Å². The molecule has 3 rings (SSSR count). The molecule has 1 aromatic rings. The first kappa shape index (κ1) is 13.8. The largest absolute Gasteiger partial charge is 0.460 e. The molecule has 0 radical (unpaired) electrons. The van der Waals surface area contributed by atoms with Gasteiger partial charge in [0.25, 0.3) is 11.8 Å². The summed E-state index contributed by atoms with van der Waals surface area (Å²) in [7, 11) is 0. The number of hydrogen-bond donors (Lipinski definition) is 0. The van der Waals surface area contributed by atoms with Gasteiger partial charge < -0.3 is 9.47 Å². The highest BCUT2D eigenvalue weighted by Crippen LogP contribution is 2.28. The lowest BCUT2D eigenvalue weighted by Crippen LogP contribution is -2.48. The molecular weight excluding hydrogens is 274 g/mol. The van der Waals surface area contributed by atoms with Crippen molar-refractivity contribution in [3.05, 3.63) is 35.4 Å². The SMILES string of the molecule is CC(=O)O[C@@H]1COC[C@H](N2C(=O)c3ccccc3C2=O)C1. The second kappa shape index (κ2) is 5.29. The summed E-state index contributed by atoms with van der Waals surface area (Å²) in [6.45, 7) is 1.88. The van der Waals surface area contributed by atoms with Gasteiger partial charge in [0.1, 0.15) is 6.10 Å². The Morgan fingerprint density at radius 1 is 1.19 bits per heavy atom. The maximum absolute atomic E-state index is 12.4. The Kier molecular flexibility index (Phi) is 3.47. The van der Waals surface area contributed by atoms with Crippen LogP contribution in [-0.2, 0) is 14.3 Å². The normalized spacial score (nSPS) is 24.9. The fourth-order valence-corrected chi connectivity index (χ4v) is 2.81. The molecule has 0 spiro atoms. The number of esters is 1. The average molecular weight is 289 g/mol. The van der Waals surface area contributed by atoms with Gasteiger partial charge in [-0.2, -0.15) is 0 Å². The Labute approximate surface area is 121 Å². The van der Waals surface area contributed by atoms with Crippen molar-refractivity contribution in [3.8, 4) is 0 Å². The molecule has 0 bridgehead atoms. The highest BCUT2D eigenvalue weighted by atomic mass is 16.6. The van der Waals surface area contributed by atoms with Crippen molar-refractivity contribution in [2.75, 3.05) is 13.2 Å². The number of carbonyl (C=O) groups is 3. The van der Waals surface area contributed by atoms with Crippen molar-refractivity contribution in [3.63, 3.8) is 0 Å². The number of hydrogen-bond acceptors (Lipinski definition) is 5. The monoisotopic (exact) mass is 289 g/mol. The molecule has 2 atom stereocenters. The smallest absolute Gasteiger partial charge is 0.302 e. The van der Waals surface area contributed by atoms with E-state index in [0.29, 0.717) is 24.2 Å². The molecule has 0 unspecified atom stereocenters. The second-order valence-corrected chi connectivity index (χ2v) is 5.18. The molecule has 0 saturated carbocycles. The molecule has 1 saturated heterocycles. The molecule has 0 N–H and O–H groups in total. The number of benzene rings is 1. The Morgan fingerprint density at radius 2 is 1.81 bits per heavy atom. The lowest BCUT2D eigenvalue weighted by Gasteiger charge is -2.33. The Morgan fingerprint density at radius 3 is 2.38 bits per heavy atom. The van der Waals surface area contributed by atoms with Gasteiger partial charge in [-0.15, -0.1) is 0 Å². The fourth-order valence-electron chi connectivity index (χ4n) is 2.81. The summed E-state index contributed by atoms with van der Waals surface area (Å²) in [6.07, 6.45) is -0.0176. The first-order valence-electron chi connectivity index (χ1n) is 6.80. The van der Waals surface area contributed by atoms with Crippen LogP contribution in [-0.4, -0.2) is 48.0 Å². The molecule has 1 aromatic carbocycles. The zero-order chi connectivity index (χ0) is 15.0. The predicted molar refractivity (Wildman–Crippen MR) is 71.7 cm³/mol. The Hall–Kier alpha value is -2.21. The predicted octanol–water partition coefficient (Wildman–Crippen LogP) is 1.00. The lowest BCUT2D eigenvalue weighted by atomic mass is 10.1. The van der Waals surface area contributed by atoms with Gasteiger partial charge in [-0.25, -0.2) is 0 Å². The fraction of sp³-hybridized carbons (Fsp3) is 0.400. The van der Waals surface area contributed by atoms with Gasteiger partial charge in [0.2, 0.25) is 0 Å². The molecule has 21 heavy (non-hydrogen) atoms. The highest BCUT2D eigenvalue weighted by Gasteiger charge is 2.42. The maximum atomic E-state index is 12.4. The minimum Gasteiger partial charge on any atom is -0.460 e. The average Bonchev–Trinajstić information content (AvgIpc) is 2.71. The number of fused-ring (bicyclic) bond motifs is 1. The number of amides is 2. The van der Waals surface area contributed by atoms with Gasteiger partial charge in [0.15, 0.2) is 0 Å². The zero-order valence-electron chi connectivity index (χ0n) is 11.6. The summed E-state index contributed by atoms with van der Waals surface area (Å²) in [5.74, 6) is -1.02. The molecule has 0 aromatic heterocycles. The summed E-state index contributed by atoms with van der Waals surface area (Å²) in [5.41, 5.74) is 0.828. The molecule has 2 amide bonds. The number of carbonyl (C=O) groups excluding carboxylic acids is 3. The van der Waals surface area contributed by atoms with Crippen LogP contribution in [0.25, 0.3) is 0 Å². The molecule has 2 aliphatic rings. The standard InChI is InChI=1S/C15H15NO5/c1-9(17)21-11-6-10(7-20-8-11)16-14(18)12-4-2-3-5-13(12)15(16)19/h2-5,10-11H,6-8H2,1H3/t10-,11+/m1/s1. The molecular formula is C15H15NO5. The zero-order valence-corrected chi connectivity index (χ0v) is 11.6. The van der Waals surface area contributed by atoms with Crippen LogP contribution in [0.5, 0.6) is 0 Å². The van der Waals surface area contributed by atoms with Crippen molar-refractivity contribution in [2.45, 2.75) is 25.5 Å². The van der Waals surface area contributed by atoms with Crippen LogP contribution in [0.15, 0.2) is 24.3 Å². The summed E-state index contributed by atoms with van der Waals surface area (Å²) < 4.78 is 10.5. The van der Waals surface area contributed by atoms with E-state index in [0.717, 1.165) is 0 Å². The minimum atomic E-state index is -0.425. The summed E-state index contributed by atoms with van der Waals surface area (Å²) in [4.78, 5) is 37.0. The van der Waals surface area contributed by atoms with E-state index in [-0.39, 0.29) is 18.4 Å². The summed E-state index contributed by atoms with van der Waals surface area (Å²) >= 11 is 0. The minimum absolute atomic E-state index is 0.267. The van der Waals surface area contributed by atoms with Gasteiger partial charge in [0, 0.05) is 13.3 Å². The number of imide groups is 1. The van der Waals surface area contributed by atoms with E-state index >= 15 is 0 Å². The third-order valence-corrected chi connectivity index (χ3v) is 3.67. The Bertz CT molecular complexity index is 577. The van der Waals surface area contributed by atoms with Crippen molar-refractivity contribution >= 4 is 17.8 Å². The van der Waals surface area contributed by atoms with Crippen LogP contribution in [0.3, 0.4) is 0 Å². The lowest BCUT2D eigenvalue weighted by molar-refractivity contribution is -0.154. The molecule has 0 aliphatic carbocycles. The number of nitrogens with zero attached hydrogens (tertiary/aromatic N) is 1. The van der Waals surface area contributed by atoms with Gasteiger partial charge in [-0.05, 0) is 12.1 Å². The van der Waals surface area contributed by atoms with E-state index in [1.165, 1.54) is 11.8 Å². The number of ether oxygens (including phenoxy) is 2. The molecule has 2 aliphatic heterocycles. The van der Waals surface area contributed by atoms with E-state index in [9.17, 15) is 14.4 Å². The van der Waals surface area contributed by atoms with Crippen molar-refractivity contribution in [1.29, 1.82) is 0 Å². The Balaban J connectivity index is 1.80. The van der Waals surface area contributed by atoms with Crippen molar-refractivity contribution in [1.82, 2.24) is 4.90 Å². The topological polar surface area (TPSA) is 72.9 Å². The van der Waals surface area contributed by atoms with E-state index in [4.69, 9.17) is 9.47 Å². The van der Waals surface area contributed by atoms with Crippen LogP contribution in [0.1, 0.15) is 34.1 Å². The highest BCUT2D eigenvalue weighted by molar-refractivity contribution is 6.21. The van der Waals surface area contributed by atoms with Gasteiger partial charge in [0.05, 0.1) is 30.4 Å². The first-order chi connectivity index (χ1) is 10.1. The van der Waals surface area contributed by atoms with Crippen LogP contribution in [0.2, 0.25) is 0 Å². The van der Waals surface area contributed by atoms with E-state index in [1.54, 1.807) is 24.3 Å².